The van der Waals surface area contributed by atoms with Crippen molar-refractivity contribution in [2.75, 3.05) is 13.1 Å². The molecule has 2 fully saturated rings. The lowest BCUT2D eigenvalue weighted by atomic mass is 9.87. The van der Waals surface area contributed by atoms with Crippen molar-refractivity contribution in [2.45, 2.75) is 64.6 Å². The van der Waals surface area contributed by atoms with E-state index < -0.39 is 0 Å². The van der Waals surface area contributed by atoms with Crippen LogP contribution in [0.5, 0.6) is 0 Å². The van der Waals surface area contributed by atoms with Crippen LogP contribution >= 0.6 is 11.3 Å². The number of carbonyl (C=O) groups is 1. The summed E-state index contributed by atoms with van der Waals surface area (Å²) in [4.78, 5) is 23.4. The molecule has 0 saturated carbocycles. The van der Waals surface area contributed by atoms with Gasteiger partial charge in [-0.05, 0) is 51.6 Å². The van der Waals surface area contributed by atoms with Gasteiger partial charge in [-0.3, -0.25) is 9.69 Å². The maximum atomic E-state index is 12.7. The Hall–Kier alpha value is -1.72. The number of aryl methyl sites for hydroxylation is 2. The predicted octanol–water partition coefficient (Wildman–Crippen LogP) is 4.31. The van der Waals surface area contributed by atoms with Gasteiger partial charge in [-0.15, -0.1) is 11.3 Å². The summed E-state index contributed by atoms with van der Waals surface area (Å²) in [5, 5.41) is 1.16. The molecule has 1 atom stereocenters. The van der Waals surface area contributed by atoms with Crippen LogP contribution in [0.2, 0.25) is 0 Å². The molecule has 1 unspecified atom stereocenters. The van der Waals surface area contributed by atoms with E-state index in [1.54, 1.807) is 0 Å². The van der Waals surface area contributed by atoms with E-state index in [1.165, 1.54) is 16.1 Å². The molecule has 2 aliphatic rings. The lowest BCUT2D eigenvalue weighted by molar-refractivity contribution is -0.132. The number of hydrogen-bond acceptors (Lipinski definition) is 4. The van der Waals surface area contributed by atoms with Crippen LogP contribution < -0.4 is 0 Å². The largest absolute Gasteiger partial charge is 0.333 e. The Morgan fingerprint density at radius 3 is 2.63 bits per heavy atom. The van der Waals surface area contributed by atoms with Gasteiger partial charge >= 0.3 is 0 Å². The molecule has 1 amide bonds. The van der Waals surface area contributed by atoms with Crippen LogP contribution in [0.15, 0.2) is 30.3 Å². The first-order valence-electron chi connectivity index (χ1n) is 10.1. The molecule has 2 aliphatic heterocycles. The summed E-state index contributed by atoms with van der Waals surface area (Å²) in [5.41, 5.74) is 2.47. The summed E-state index contributed by atoms with van der Waals surface area (Å²) >= 11 is 1.82. The highest BCUT2D eigenvalue weighted by molar-refractivity contribution is 7.11. The van der Waals surface area contributed by atoms with E-state index in [9.17, 15) is 4.79 Å². The Bertz CT molecular complexity index is 803. The molecular formula is C22H29N3OS. The second kappa shape index (κ2) is 7.72. The number of likely N-dealkylation sites (tertiary alicyclic amines) is 2. The molecule has 4 rings (SSSR count). The van der Waals surface area contributed by atoms with Crippen molar-refractivity contribution in [1.29, 1.82) is 0 Å². The third kappa shape index (κ3) is 3.94. The minimum Gasteiger partial charge on any atom is -0.333 e. The molecule has 1 spiro atoms. The molecule has 0 aliphatic carbocycles. The predicted molar refractivity (Wildman–Crippen MR) is 110 cm³/mol. The van der Waals surface area contributed by atoms with Gasteiger partial charge in [0.15, 0.2) is 0 Å². The Labute approximate surface area is 166 Å². The van der Waals surface area contributed by atoms with E-state index in [0.29, 0.717) is 12.3 Å². The molecular weight excluding hydrogens is 354 g/mol. The maximum Gasteiger partial charge on any atom is 0.223 e. The fourth-order valence-electron chi connectivity index (χ4n) is 4.73. The maximum absolute atomic E-state index is 12.7. The molecule has 2 saturated heterocycles. The molecule has 144 valence electrons. The van der Waals surface area contributed by atoms with Crippen molar-refractivity contribution in [3.05, 3.63) is 51.5 Å². The van der Waals surface area contributed by atoms with Crippen LogP contribution in [0.1, 0.15) is 53.2 Å². The normalized spacial score (nSPS) is 23.9. The Morgan fingerprint density at radius 1 is 1.07 bits per heavy atom. The average Bonchev–Trinajstić information content (AvgIpc) is 3.04. The minimum atomic E-state index is 0.0559. The number of carbonyl (C=O) groups excluding carboxylic acids is 1. The van der Waals surface area contributed by atoms with E-state index >= 15 is 0 Å². The van der Waals surface area contributed by atoms with Crippen LogP contribution in [0, 0.1) is 13.8 Å². The third-order valence-corrected chi connectivity index (χ3v) is 7.30. The summed E-state index contributed by atoms with van der Waals surface area (Å²) in [6.07, 6.45) is 5.10. The van der Waals surface area contributed by atoms with Crippen LogP contribution in [-0.4, -0.2) is 39.3 Å². The topological polar surface area (TPSA) is 36.4 Å². The van der Waals surface area contributed by atoms with Gasteiger partial charge < -0.3 is 4.90 Å². The summed E-state index contributed by atoms with van der Waals surface area (Å²) in [6, 6.07) is 10.4. The number of benzene rings is 1. The molecule has 1 aromatic carbocycles. The summed E-state index contributed by atoms with van der Waals surface area (Å²) in [6.45, 7) is 8.15. The van der Waals surface area contributed by atoms with Crippen molar-refractivity contribution in [3.63, 3.8) is 0 Å². The van der Waals surface area contributed by atoms with E-state index in [2.05, 4.69) is 52.9 Å². The monoisotopic (exact) mass is 383 g/mol. The van der Waals surface area contributed by atoms with Crippen LogP contribution in [0.3, 0.4) is 0 Å². The summed E-state index contributed by atoms with van der Waals surface area (Å²) in [5.74, 6) is 0.334. The Balaban J connectivity index is 1.46. The van der Waals surface area contributed by atoms with E-state index in [4.69, 9.17) is 0 Å². The number of hydrogen-bond donors (Lipinski definition) is 0. The zero-order valence-corrected chi connectivity index (χ0v) is 17.2. The SMILES string of the molecule is Cc1nc(C)c(CN2CCCC3(CCC(=O)N3Cc3ccccc3)CC2)s1. The molecule has 5 heteroatoms. The molecule has 2 aromatic rings. The first kappa shape index (κ1) is 18.6. The van der Waals surface area contributed by atoms with Gasteiger partial charge in [-0.2, -0.15) is 0 Å². The lowest BCUT2D eigenvalue weighted by Crippen LogP contribution is -2.45. The molecule has 27 heavy (non-hydrogen) atoms. The lowest BCUT2D eigenvalue weighted by Gasteiger charge is -2.38. The van der Waals surface area contributed by atoms with Gasteiger partial charge in [-0.25, -0.2) is 4.98 Å². The highest BCUT2D eigenvalue weighted by Crippen LogP contribution is 2.40. The first-order valence-corrected chi connectivity index (χ1v) is 10.9. The van der Waals surface area contributed by atoms with E-state index in [0.717, 1.165) is 56.9 Å². The smallest absolute Gasteiger partial charge is 0.223 e. The minimum absolute atomic E-state index is 0.0559. The van der Waals surface area contributed by atoms with Gasteiger partial charge in [-0.1, -0.05) is 30.3 Å². The number of thiazole rings is 1. The van der Waals surface area contributed by atoms with Crippen LogP contribution in [0.25, 0.3) is 0 Å². The van der Waals surface area contributed by atoms with Gasteiger partial charge in [0.25, 0.3) is 0 Å². The van der Waals surface area contributed by atoms with E-state index in [-0.39, 0.29) is 5.54 Å². The first-order chi connectivity index (χ1) is 13.1. The van der Waals surface area contributed by atoms with Gasteiger partial charge in [0.05, 0.1) is 10.7 Å². The fourth-order valence-corrected chi connectivity index (χ4v) is 5.71. The second-order valence-corrected chi connectivity index (χ2v) is 9.35. The Kier molecular flexibility index (Phi) is 5.33. The average molecular weight is 384 g/mol. The molecule has 0 bridgehead atoms. The molecule has 4 nitrogen and oxygen atoms in total. The number of amides is 1. The van der Waals surface area contributed by atoms with Gasteiger partial charge in [0.2, 0.25) is 5.91 Å². The fraction of sp³-hybridized carbons (Fsp3) is 0.545. The molecule has 0 radical (unpaired) electrons. The highest BCUT2D eigenvalue weighted by atomic mass is 32.1. The van der Waals surface area contributed by atoms with Crippen molar-refractivity contribution in [2.24, 2.45) is 0 Å². The zero-order chi connectivity index (χ0) is 18.9. The van der Waals surface area contributed by atoms with Crippen molar-refractivity contribution < 1.29 is 4.79 Å². The number of rotatable bonds is 4. The second-order valence-electron chi connectivity index (χ2n) is 8.06. The van der Waals surface area contributed by atoms with Crippen LogP contribution in [-0.2, 0) is 17.9 Å². The Morgan fingerprint density at radius 2 is 1.89 bits per heavy atom. The van der Waals surface area contributed by atoms with Crippen molar-refractivity contribution >= 4 is 17.2 Å². The highest BCUT2D eigenvalue weighted by Gasteiger charge is 2.45. The van der Waals surface area contributed by atoms with Gasteiger partial charge in [0.1, 0.15) is 0 Å². The summed E-state index contributed by atoms with van der Waals surface area (Å²) < 4.78 is 0. The summed E-state index contributed by atoms with van der Waals surface area (Å²) in [7, 11) is 0. The molecule has 3 heterocycles. The zero-order valence-electron chi connectivity index (χ0n) is 16.4. The molecule has 0 N–H and O–H groups in total. The quantitative estimate of drug-likeness (QED) is 0.789. The van der Waals surface area contributed by atoms with Crippen molar-refractivity contribution in [3.8, 4) is 0 Å². The standard InChI is InChI=1S/C22H29N3OS/c1-17-20(27-18(2)23-17)16-24-13-6-10-22(12-14-24)11-9-21(26)25(22)15-19-7-4-3-5-8-19/h3-5,7-8H,6,9-16H2,1-2H3. The van der Waals surface area contributed by atoms with Crippen LogP contribution in [0.4, 0.5) is 0 Å². The van der Waals surface area contributed by atoms with Crippen molar-refractivity contribution in [1.82, 2.24) is 14.8 Å². The third-order valence-electron chi connectivity index (χ3n) is 6.24. The van der Waals surface area contributed by atoms with Gasteiger partial charge in [0, 0.05) is 36.5 Å². The molecule has 1 aromatic heterocycles. The number of nitrogens with zero attached hydrogens (tertiary/aromatic N) is 3. The number of aromatic nitrogens is 1. The van der Waals surface area contributed by atoms with E-state index in [1.807, 2.05) is 17.4 Å².